The van der Waals surface area contributed by atoms with E-state index in [0.29, 0.717) is 11.3 Å². The fourth-order valence-corrected chi connectivity index (χ4v) is 4.49. The maximum atomic E-state index is 13.4. The SMILES string of the molecule is CC(C)NC(=O)c1cccc(Nc2cc(S(=O)(=O)O)c(N)c3c2C(=O)c2ccccc2C3=O)c1.[Na]. The van der Waals surface area contributed by atoms with Crippen LogP contribution in [0.15, 0.2) is 59.5 Å². The van der Waals surface area contributed by atoms with Gasteiger partial charge in [0.25, 0.3) is 16.0 Å². The Balaban J connectivity index is 0.00000342. The van der Waals surface area contributed by atoms with Crippen LogP contribution in [0.2, 0.25) is 0 Å². The summed E-state index contributed by atoms with van der Waals surface area (Å²) < 4.78 is 33.8. The van der Waals surface area contributed by atoms with Crippen LogP contribution in [0.4, 0.5) is 17.1 Å². The molecule has 0 fully saturated rings. The third kappa shape index (κ3) is 5.02. The Morgan fingerprint density at radius 1 is 0.943 bits per heavy atom. The van der Waals surface area contributed by atoms with Crippen molar-refractivity contribution in [2.24, 2.45) is 0 Å². The summed E-state index contributed by atoms with van der Waals surface area (Å²) in [5.74, 6) is -1.49. The molecule has 175 valence electrons. The van der Waals surface area contributed by atoms with E-state index in [4.69, 9.17) is 5.73 Å². The first-order chi connectivity index (χ1) is 16.0. The van der Waals surface area contributed by atoms with E-state index in [2.05, 4.69) is 10.6 Å². The van der Waals surface area contributed by atoms with Crippen molar-refractivity contribution >= 4 is 74.2 Å². The summed E-state index contributed by atoms with van der Waals surface area (Å²) >= 11 is 0. The molecule has 0 saturated heterocycles. The molecule has 9 nitrogen and oxygen atoms in total. The molecule has 5 N–H and O–H groups in total. The van der Waals surface area contributed by atoms with E-state index >= 15 is 0 Å². The van der Waals surface area contributed by atoms with Gasteiger partial charge in [0, 0.05) is 58.0 Å². The summed E-state index contributed by atoms with van der Waals surface area (Å²) in [4.78, 5) is 38.2. The zero-order valence-corrected chi connectivity index (χ0v) is 22.1. The van der Waals surface area contributed by atoms with Gasteiger partial charge in [-0.05, 0) is 38.1 Å². The molecule has 0 bridgehead atoms. The van der Waals surface area contributed by atoms with Gasteiger partial charge in [-0.2, -0.15) is 8.42 Å². The number of nitrogens with one attached hydrogen (secondary N) is 2. The molecule has 0 saturated carbocycles. The number of carbonyl (C=O) groups is 3. The molecule has 0 unspecified atom stereocenters. The fourth-order valence-electron chi connectivity index (χ4n) is 3.84. The Morgan fingerprint density at radius 2 is 1.54 bits per heavy atom. The molecule has 4 rings (SSSR count). The number of carbonyl (C=O) groups excluding carboxylic acids is 3. The molecule has 0 heterocycles. The van der Waals surface area contributed by atoms with Gasteiger partial charge in [0.2, 0.25) is 0 Å². The number of ketones is 2. The van der Waals surface area contributed by atoms with Crippen LogP contribution in [0.3, 0.4) is 0 Å². The summed E-state index contributed by atoms with van der Waals surface area (Å²) in [7, 11) is -4.83. The van der Waals surface area contributed by atoms with Gasteiger partial charge in [-0.25, -0.2) is 0 Å². The van der Waals surface area contributed by atoms with Crippen LogP contribution in [0.1, 0.15) is 56.0 Å². The number of nitrogen functional groups attached to an aromatic ring is 1. The van der Waals surface area contributed by atoms with Gasteiger partial charge < -0.3 is 16.4 Å². The summed E-state index contributed by atoms with van der Waals surface area (Å²) in [5.41, 5.74) is 5.89. The molecule has 3 aromatic rings. The van der Waals surface area contributed by atoms with E-state index in [-0.39, 0.29) is 69.4 Å². The molecule has 35 heavy (non-hydrogen) atoms. The minimum Gasteiger partial charge on any atom is -0.397 e. The van der Waals surface area contributed by atoms with Crippen LogP contribution in [0.25, 0.3) is 0 Å². The van der Waals surface area contributed by atoms with Crippen molar-refractivity contribution in [1.82, 2.24) is 5.32 Å². The van der Waals surface area contributed by atoms with Crippen LogP contribution >= 0.6 is 0 Å². The summed E-state index contributed by atoms with van der Waals surface area (Å²) in [5, 5.41) is 5.68. The Bertz CT molecular complexity index is 1480. The van der Waals surface area contributed by atoms with E-state index in [1.807, 2.05) is 13.8 Å². The van der Waals surface area contributed by atoms with Gasteiger partial charge in [-0.3, -0.25) is 18.9 Å². The van der Waals surface area contributed by atoms with Gasteiger partial charge in [0.1, 0.15) is 4.90 Å². The maximum Gasteiger partial charge on any atom is 0.296 e. The van der Waals surface area contributed by atoms with E-state index in [1.54, 1.807) is 30.3 Å². The summed E-state index contributed by atoms with van der Waals surface area (Å²) in [6.07, 6.45) is 0. The molecular formula is C24H21N3NaO6S. The molecule has 1 amide bonds. The third-order valence-corrected chi connectivity index (χ3v) is 6.20. The van der Waals surface area contributed by atoms with Crippen LogP contribution in [-0.4, -0.2) is 66.0 Å². The quantitative estimate of drug-likeness (QED) is 0.184. The van der Waals surface area contributed by atoms with Gasteiger partial charge in [-0.15, -0.1) is 0 Å². The zero-order valence-electron chi connectivity index (χ0n) is 19.2. The third-order valence-electron chi connectivity index (χ3n) is 5.30. The monoisotopic (exact) mass is 502 g/mol. The second kappa shape index (κ2) is 9.92. The maximum absolute atomic E-state index is 13.4. The normalized spacial score (nSPS) is 12.5. The van der Waals surface area contributed by atoms with Crippen molar-refractivity contribution in [2.75, 3.05) is 11.1 Å². The van der Waals surface area contributed by atoms with Gasteiger partial charge in [0.05, 0.1) is 22.5 Å². The van der Waals surface area contributed by atoms with Crippen molar-refractivity contribution in [3.63, 3.8) is 0 Å². The molecule has 1 aliphatic carbocycles. The number of rotatable bonds is 5. The van der Waals surface area contributed by atoms with Gasteiger partial charge in [-0.1, -0.05) is 30.3 Å². The summed E-state index contributed by atoms with van der Waals surface area (Å²) in [6.45, 7) is 3.63. The van der Waals surface area contributed by atoms with Crippen molar-refractivity contribution in [3.8, 4) is 0 Å². The van der Waals surface area contributed by atoms with Crippen LogP contribution in [-0.2, 0) is 10.1 Å². The van der Waals surface area contributed by atoms with Crippen LogP contribution < -0.4 is 16.4 Å². The van der Waals surface area contributed by atoms with E-state index in [0.717, 1.165) is 6.07 Å². The van der Waals surface area contributed by atoms with Crippen molar-refractivity contribution in [3.05, 3.63) is 82.4 Å². The second-order valence-corrected chi connectivity index (χ2v) is 9.49. The first-order valence-corrected chi connectivity index (χ1v) is 11.7. The Kier molecular flexibility index (Phi) is 7.53. The predicted octanol–water partition coefficient (Wildman–Crippen LogP) is 2.79. The molecular weight excluding hydrogens is 481 g/mol. The number of nitrogens with two attached hydrogens (primary N) is 1. The number of benzene rings is 3. The van der Waals surface area contributed by atoms with Crippen LogP contribution in [0, 0.1) is 0 Å². The van der Waals surface area contributed by atoms with Gasteiger partial charge in [0.15, 0.2) is 11.6 Å². The molecule has 11 heteroatoms. The van der Waals surface area contributed by atoms with Crippen molar-refractivity contribution < 1.29 is 27.4 Å². The minimum absolute atomic E-state index is 0. The summed E-state index contributed by atoms with van der Waals surface area (Å²) in [6, 6.07) is 13.3. The van der Waals surface area contributed by atoms with Crippen molar-refractivity contribution in [2.45, 2.75) is 24.8 Å². The number of anilines is 3. The first kappa shape index (κ1) is 26.6. The molecule has 0 aromatic heterocycles. The molecule has 1 aliphatic rings. The first-order valence-electron chi connectivity index (χ1n) is 10.3. The number of fused-ring (bicyclic) bond motifs is 2. The van der Waals surface area contributed by atoms with E-state index in [9.17, 15) is 27.4 Å². The van der Waals surface area contributed by atoms with E-state index in [1.165, 1.54) is 18.2 Å². The Morgan fingerprint density at radius 3 is 2.11 bits per heavy atom. The fraction of sp³-hybridized carbons (Fsp3) is 0.125. The standard InChI is InChI=1S/C24H21N3O6S.Na/c1-12(2)26-24(30)13-6-5-7-14(10-13)27-17-11-18(34(31,32)33)21(25)20-19(17)22(28)15-8-3-4-9-16(15)23(20)29;/h3-12,27H,25H2,1-2H3,(H,26,30)(H,31,32,33);. The largest absolute Gasteiger partial charge is 0.397 e. The Labute approximate surface area is 224 Å². The molecule has 3 aromatic carbocycles. The van der Waals surface area contributed by atoms with Crippen LogP contribution in [0.5, 0.6) is 0 Å². The molecule has 1 radical (unpaired) electrons. The predicted molar refractivity (Wildman–Crippen MR) is 132 cm³/mol. The van der Waals surface area contributed by atoms with Gasteiger partial charge >= 0.3 is 0 Å². The average Bonchev–Trinajstić information content (AvgIpc) is 2.77. The number of amides is 1. The number of hydrogen-bond acceptors (Lipinski definition) is 7. The minimum atomic E-state index is -4.83. The topological polar surface area (TPSA) is 156 Å². The average molecular weight is 503 g/mol. The Hall–Kier alpha value is -3.02. The zero-order chi connectivity index (χ0) is 24.8. The smallest absolute Gasteiger partial charge is 0.296 e. The molecule has 0 spiro atoms. The number of hydrogen-bond donors (Lipinski definition) is 4. The second-order valence-electron chi connectivity index (χ2n) is 8.10. The van der Waals surface area contributed by atoms with Crippen molar-refractivity contribution in [1.29, 1.82) is 0 Å². The van der Waals surface area contributed by atoms with E-state index < -0.39 is 32.3 Å². The molecule has 0 atom stereocenters. The molecule has 0 aliphatic heterocycles.